The average Bonchev–Trinajstić information content (AvgIpc) is 3.32. The van der Waals surface area contributed by atoms with Crippen LogP contribution in [-0.4, -0.2) is 72.3 Å². The highest BCUT2D eigenvalue weighted by atomic mass is 32.2. The molecule has 1 unspecified atom stereocenters. The summed E-state index contributed by atoms with van der Waals surface area (Å²) in [7, 11) is -3.70. The van der Waals surface area contributed by atoms with Gasteiger partial charge in [0.2, 0.25) is 5.91 Å². The first kappa shape index (κ1) is 23.8. The highest BCUT2D eigenvalue weighted by molar-refractivity contribution is 7.89. The van der Waals surface area contributed by atoms with Crippen molar-refractivity contribution in [1.82, 2.24) is 18.8 Å². The topological polar surface area (TPSA) is 78.8 Å². The molecule has 9 heteroatoms. The summed E-state index contributed by atoms with van der Waals surface area (Å²) in [4.78, 5) is 21.7. The largest absolute Gasteiger partial charge is 0.368 e. The van der Waals surface area contributed by atoms with E-state index < -0.39 is 10.0 Å². The smallest absolute Gasteiger partial charge is 0.262 e. The Morgan fingerprint density at radius 1 is 1.09 bits per heavy atom. The Kier molecular flexibility index (Phi) is 6.81. The van der Waals surface area contributed by atoms with Crippen LogP contribution in [-0.2, 0) is 14.8 Å². The number of carbonyl (C=O) groups is 1. The molecule has 0 N–H and O–H groups in total. The second kappa shape index (κ2) is 9.46. The molecular weight excluding hydrogens is 438 g/mol. The van der Waals surface area contributed by atoms with Gasteiger partial charge in [0, 0.05) is 57.2 Å². The molecule has 2 aromatic rings. The minimum Gasteiger partial charge on any atom is -0.368 e. The second-order valence-electron chi connectivity index (χ2n) is 9.56. The summed E-state index contributed by atoms with van der Waals surface area (Å²) >= 11 is 0. The van der Waals surface area contributed by atoms with Gasteiger partial charge in [0.05, 0.1) is 12.2 Å². The van der Waals surface area contributed by atoms with E-state index >= 15 is 0 Å². The molecule has 1 amide bonds. The molecule has 3 heterocycles. The van der Waals surface area contributed by atoms with Crippen molar-refractivity contribution in [3.63, 3.8) is 0 Å². The first-order valence-electron chi connectivity index (χ1n) is 11.8. The molecule has 4 rings (SSSR count). The van der Waals surface area contributed by atoms with Crippen LogP contribution in [0.25, 0.3) is 0 Å². The number of piperidine rings is 1. The lowest BCUT2D eigenvalue weighted by atomic mass is 9.97. The van der Waals surface area contributed by atoms with E-state index in [0.29, 0.717) is 26.1 Å². The number of amides is 1. The normalized spacial score (nSPS) is 20.5. The number of imidazole rings is 1. The number of anilines is 1. The minimum atomic E-state index is -3.70. The number of nitrogens with zero attached hydrogens (tertiary/aromatic N) is 5. The zero-order chi connectivity index (χ0) is 23.8. The summed E-state index contributed by atoms with van der Waals surface area (Å²) in [6.07, 6.45) is 4.54. The van der Waals surface area contributed by atoms with Gasteiger partial charge in [0.1, 0.15) is 0 Å². The van der Waals surface area contributed by atoms with Gasteiger partial charge in [-0.1, -0.05) is 12.1 Å². The van der Waals surface area contributed by atoms with E-state index in [9.17, 15) is 13.2 Å². The number of aromatic nitrogens is 2. The van der Waals surface area contributed by atoms with Gasteiger partial charge < -0.3 is 14.4 Å². The number of hydrogen-bond donors (Lipinski definition) is 0. The molecule has 2 fully saturated rings. The molecule has 33 heavy (non-hydrogen) atoms. The Bertz CT molecular complexity index is 1100. The highest BCUT2D eigenvalue weighted by Crippen LogP contribution is 2.27. The zero-order valence-corrected chi connectivity index (χ0v) is 20.9. The summed E-state index contributed by atoms with van der Waals surface area (Å²) in [5.41, 5.74) is 3.71. The summed E-state index contributed by atoms with van der Waals surface area (Å²) in [6, 6.07) is 6.61. The van der Waals surface area contributed by atoms with Crippen molar-refractivity contribution in [2.75, 3.05) is 44.2 Å². The Hall–Kier alpha value is -2.39. The quantitative estimate of drug-likeness (QED) is 0.667. The van der Waals surface area contributed by atoms with E-state index in [1.54, 1.807) is 17.1 Å². The number of sulfonamides is 1. The van der Waals surface area contributed by atoms with Gasteiger partial charge in [-0.05, 0) is 57.7 Å². The maximum absolute atomic E-state index is 13.3. The van der Waals surface area contributed by atoms with Crippen LogP contribution in [0.1, 0.15) is 43.9 Å². The SMILES string of the molecule is Cc1ccc(C)c(N2CCN(C(=O)C3CCCN(S(=O)(=O)c4cn(C(C)C)cn4)C3)CC2)c1. The lowest BCUT2D eigenvalue weighted by Gasteiger charge is -2.39. The molecule has 0 spiro atoms. The molecule has 2 aliphatic heterocycles. The van der Waals surface area contributed by atoms with Crippen molar-refractivity contribution < 1.29 is 13.2 Å². The molecule has 1 atom stereocenters. The minimum absolute atomic E-state index is 0.0615. The third kappa shape index (κ3) is 4.94. The summed E-state index contributed by atoms with van der Waals surface area (Å²) < 4.78 is 29.5. The van der Waals surface area contributed by atoms with Gasteiger partial charge in [0.15, 0.2) is 5.03 Å². The van der Waals surface area contributed by atoms with Crippen molar-refractivity contribution in [2.24, 2.45) is 5.92 Å². The maximum atomic E-state index is 13.3. The van der Waals surface area contributed by atoms with Crippen molar-refractivity contribution in [1.29, 1.82) is 0 Å². The van der Waals surface area contributed by atoms with Gasteiger partial charge in [-0.2, -0.15) is 4.31 Å². The molecule has 0 aliphatic carbocycles. The number of rotatable bonds is 5. The maximum Gasteiger partial charge on any atom is 0.262 e. The fraction of sp³-hybridized carbons (Fsp3) is 0.583. The molecule has 0 radical (unpaired) electrons. The predicted molar refractivity (Wildman–Crippen MR) is 129 cm³/mol. The first-order valence-corrected chi connectivity index (χ1v) is 13.3. The van der Waals surface area contributed by atoms with Gasteiger partial charge in [-0.15, -0.1) is 0 Å². The summed E-state index contributed by atoms with van der Waals surface area (Å²) in [6.45, 7) is 11.7. The fourth-order valence-electron chi connectivity index (χ4n) is 4.71. The van der Waals surface area contributed by atoms with E-state index in [4.69, 9.17) is 0 Å². The molecule has 2 saturated heterocycles. The average molecular weight is 474 g/mol. The van der Waals surface area contributed by atoms with Crippen molar-refractivity contribution in [2.45, 2.75) is 51.6 Å². The standard InChI is InChI=1S/C24H35N5O3S/c1-18(2)28-16-23(25-17-28)33(31,32)29-9-5-6-21(15-29)24(30)27-12-10-26(11-13-27)22-14-19(3)7-8-20(22)4/h7-8,14,16-18,21H,5-6,9-13,15H2,1-4H3. The third-order valence-electron chi connectivity index (χ3n) is 6.81. The zero-order valence-electron chi connectivity index (χ0n) is 20.1. The molecule has 180 valence electrons. The fourth-order valence-corrected chi connectivity index (χ4v) is 6.16. The summed E-state index contributed by atoms with van der Waals surface area (Å²) in [5, 5.41) is 0.0615. The molecular formula is C24H35N5O3S. The Labute approximate surface area is 197 Å². The van der Waals surface area contributed by atoms with Crippen LogP contribution in [0, 0.1) is 19.8 Å². The Morgan fingerprint density at radius 2 is 1.82 bits per heavy atom. The molecule has 8 nitrogen and oxygen atoms in total. The van der Waals surface area contributed by atoms with Crippen LogP contribution in [0.3, 0.4) is 0 Å². The van der Waals surface area contributed by atoms with Crippen LogP contribution in [0.5, 0.6) is 0 Å². The molecule has 1 aromatic carbocycles. The van der Waals surface area contributed by atoms with Gasteiger partial charge in [-0.3, -0.25) is 4.79 Å². The number of aryl methyl sites for hydroxylation is 2. The van der Waals surface area contributed by atoms with Crippen LogP contribution in [0.15, 0.2) is 35.7 Å². The lowest BCUT2D eigenvalue weighted by molar-refractivity contribution is -0.137. The predicted octanol–water partition coefficient (Wildman–Crippen LogP) is 2.83. The molecule has 1 aromatic heterocycles. The van der Waals surface area contributed by atoms with E-state index in [1.165, 1.54) is 21.1 Å². The van der Waals surface area contributed by atoms with Crippen molar-refractivity contribution in [3.8, 4) is 0 Å². The van der Waals surface area contributed by atoms with Gasteiger partial charge >= 0.3 is 0 Å². The van der Waals surface area contributed by atoms with Crippen molar-refractivity contribution in [3.05, 3.63) is 41.9 Å². The molecule has 0 bridgehead atoms. The molecule has 0 saturated carbocycles. The van der Waals surface area contributed by atoms with E-state index in [0.717, 1.165) is 19.5 Å². The monoisotopic (exact) mass is 473 g/mol. The van der Waals surface area contributed by atoms with Crippen molar-refractivity contribution >= 4 is 21.6 Å². The van der Waals surface area contributed by atoms with E-state index in [1.807, 2.05) is 18.7 Å². The Balaban J connectivity index is 1.39. The Morgan fingerprint density at radius 3 is 2.48 bits per heavy atom. The molecule has 2 aliphatic rings. The number of hydrogen-bond acceptors (Lipinski definition) is 5. The number of piperazine rings is 1. The van der Waals surface area contributed by atoms with Gasteiger partial charge in [0.25, 0.3) is 10.0 Å². The summed E-state index contributed by atoms with van der Waals surface area (Å²) in [5.74, 6) is -0.226. The number of carbonyl (C=O) groups excluding carboxylic acids is 1. The second-order valence-corrected chi connectivity index (χ2v) is 11.4. The van der Waals surface area contributed by atoms with Crippen LogP contribution in [0.2, 0.25) is 0 Å². The van der Waals surface area contributed by atoms with Crippen LogP contribution < -0.4 is 4.90 Å². The van der Waals surface area contributed by atoms with E-state index in [2.05, 4.69) is 41.9 Å². The lowest BCUT2D eigenvalue weighted by Crippen LogP contribution is -2.53. The number of benzene rings is 1. The third-order valence-corrected chi connectivity index (χ3v) is 8.56. The first-order chi connectivity index (χ1) is 15.7. The van der Waals surface area contributed by atoms with E-state index in [-0.39, 0.29) is 29.4 Å². The van der Waals surface area contributed by atoms with Gasteiger partial charge in [-0.25, -0.2) is 13.4 Å². The highest BCUT2D eigenvalue weighted by Gasteiger charge is 2.36. The van der Waals surface area contributed by atoms with Crippen LogP contribution >= 0.6 is 0 Å². The van der Waals surface area contributed by atoms with Crippen LogP contribution in [0.4, 0.5) is 5.69 Å².